The topological polar surface area (TPSA) is 91.5 Å². The lowest BCUT2D eigenvalue weighted by Gasteiger charge is -2.28. The van der Waals surface area contributed by atoms with Gasteiger partial charge in [-0.1, -0.05) is 0 Å². The third-order valence-electron chi connectivity index (χ3n) is 5.12. The Bertz CT molecular complexity index is 748. The van der Waals surface area contributed by atoms with Crippen LogP contribution in [0.3, 0.4) is 0 Å². The summed E-state index contributed by atoms with van der Waals surface area (Å²) in [5.41, 5.74) is 7.21. The van der Waals surface area contributed by atoms with E-state index in [1.54, 1.807) is 12.0 Å². The second-order valence-electron chi connectivity index (χ2n) is 6.60. The molecule has 1 aromatic carbocycles. The largest absolute Gasteiger partial charge is 0.468 e. The number of aliphatic imine (C=N–C) groups is 1. The van der Waals surface area contributed by atoms with Crippen LogP contribution in [0.5, 0.6) is 0 Å². The lowest BCUT2D eigenvalue weighted by Crippen LogP contribution is -2.46. The second-order valence-corrected chi connectivity index (χ2v) is 6.60. The number of hydrogen-bond acceptors (Lipinski definition) is 5. The van der Waals surface area contributed by atoms with Gasteiger partial charge in [-0.15, -0.1) is 0 Å². The molecular weight excluding hydrogens is 334 g/mol. The molecule has 8 heteroatoms. The van der Waals surface area contributed by atoms with Gasteiger partial charge in [-0.2, -0.15) is 0 Å². The Balaban J connectivity index is 1.62. The van der Waals surface area contributed by atoms with Crippen LogP contribution in [0.25, 0.3) is 0 Å². The fourth-order valence-corrected chi connectivity index (χ4v) is 3.95. The number of amidine groups is 1. The van der Waals surface area contributed by atoms with Crippen LogP contribution < -0.4 is 15.5 Å². The van der Waals surface area contributed by atoms with Crippen molar-refractivity contribution in [2.24, 2.45) is 10.7 Å². The molecule has 3 aliphatic heterocycles. The lowest BCUT2D eigenvalue weighted by molar-refractivity contribution is -0.119. The van der Waals surface area contributed by atoms with Gasteiger partial charge in [-0.3, -0.25) is 14.6 Å². The average Bonchev–Trinajstić information content (AvgIpc) is 3.24. The van der Waals surface area contributed by atoms with Crippen molar-refractivity contribution >= 4 is 29.3 Å². The summed E-state index contributed by atoms with van der Waals surface area (Å²) in [6, 6.07) is 7.02. The van der Waals surface area contributed by atoms with Gasteiger partial charge >= 0.3 is 6.03 Å². The van der Waals surface area contributed by atoms with Crippen molar-refractivity contribution in [3.8, 4) is 0 Å². The zero-order valence-corrected chi connectivity index (χ0v) is 14.7. The van der Waals surface area contributed by atoms with Gasteiger partial charge in [0.25, 0.3) is 6.02 Å². The number of fused-ring (bicyclic) bond motifs is 1. The van der Waals surface area contributed by atoms with Crippen molar-refractivity contribution in [1.29, 1.82) is 0 Å². The van der Waals surface area contributed by atoms with Crippen LogP contribution in [0.15, 0.2) is 29.3 Å². The van der Waals surface area contributed by atoms with E-state index in [4.69, 9.17) is 10.5 Å². The van der Waals surface area contributed by atoms with Crippen LogP contribution >= 0.6 is 0 Å². The minimum atomic E-state index is -0.665. The second kappa shape index (κ2) is 6.51. The standard InChI is InChI=1S/C18H22N5O3/c1-26-17-20-9-3-11-21(17)12-5-7-13(8-6-12)23-15(16(19)24)14-4-2-10-22(14)18(23)25/h4-8,14-15H,2-3,9-11H2,1H3,(H2,19,24)/t14-,15?/m1/s1. The molecule has 0 aliphatic carbocycles. The minimum absolute atomic E-state index is 0.169. The molecule has 2 N–H and O–H groups in total. The number of nitrogens with zero attached hydrogens (tertiary/aromatic N) is 4. The predicted molar refractivity (Wildman–Crippen MR) is 98.0 cm³/mol. The van der Waals surface area contributed by atoms with Crippen molar-refractivity contribution in [2.45, 2.75) is 24.9 Å². The first-order valence-corrected chi connectivity index (χ1v) is 8.80. The van der Waals surface area contributed by atoms with Gasteiger partial charge in [-0.05, 0) is 43.5 Å². The van der Waals surface area contributed by atoms with E-state index in [9.17, 15) is 9.59 Å². The van der Waals surface area contributed by atoms with E-state index in [0.717, 1.165) is 31.6 Å². The Labute approximate surface area is 152 Å². The maximum atomic E-state index is 12.8. The number of rotatable bonds is 3. The molecule has 4 rings (SSSR count). The molecule has 0 bridgehead atoms. The number of nitrogens with two attached hydrogens (primary N) is 1. The summed E-state index contributed by atoms with van der Waals surface area (Å²) in [4.78, 5) is 34.4. The summed E-state index contributed by atoms with van der Waals surface area (Å²) < 4.78 is 5.34. The first kappa shape index (κ1) is 16.7. The summed E-state index contributed by atoms with van der Waals surface area (Å²) >= 11 is 0. The Morgan fingerprint density at radius 3 is 2.65 bits per heavy atom. The molecule has 2 fully saturated rings. The van der Waals surface area contributed by atoms with E-state index < -0.39 is 11.9 Å². The van der Waals surface area contributed by atoms with Crippen molar-refractivity contribution in [1.82, 2.24) is 4.90 Å². The number of amides is 3. The molecule has 2 saturated heterocycles. The molecule has 1 unspecified atom stereocenters. The molecule has 0 spiro atoms. The van der Waals surface area contributed by atoms with Crippen LogP contribution in [0.1, 0.15) is 12.8 Å². The van der Waals surface area contributed by atoms with Gasteiger partial charge in [0, 0.05) is 31.0 Å². The van der Waals surface area contributed by atoms with Crippen LogP contribution in [-0.4, -0.2) is 61.7 Å². The van der Waals surface area contributed by atoms with Crippen LogP contribution in [0.4, 0.5) is 16.2 Å². The molecular formula is C18H22N5O3. The van der Waals surface area contributed by atoms with Gasteiger partial charge < -0.3 is 15.4 Å². The maximum absolute atomic E-state index is 12.8. The summed E-state index contributed by atoms with van der Waals surface area (Å²) in [5.74, 6) is -0.488. The highest BCUT2D eigenvalue weighted by molar-refractivity contribution is 6.04. The van der Waals surface area contributed by atoms with Crippen molar-refractivity contribution < 1.29 is 14.3 Å². The van der Waals surface area contributed by atoms with E-state index in [0.29, 0.717) is 18.3 Å². The zero-order chi connectivity index (χ0) is 18.3. The van der Waals surface area contributed by atoms with Crippen LogP contribution in [0, 0.1) is 6.42 Å². The summed E-state index contributed by atoms with van der Waals surface area (Å²) in [6.07, 6.45) is 3.74. The first-order chi connectivity index (χ1) is 12.6. The average molecular weight is 356 g/mol. The van der Waals surface area contributed by atoms with Crippen LogP contribution in [0.2, 0.25) is 0 Å². The Kier molecular flexibility index (Phi) is 4.18. The smallest absolute Gasteiger partial charge is 0.325 e. The predicted octanol–water partition coefficient (Wildman–Crippen LogP) is 0.972. The van der Waals surface area contributed by atoms with Gasteiger partial charge in [0.2, 0.25) is 5.91 Å². The molecule has 3 amide bonds. The molecule has 0 aromatic heterocycles. The Morgan fingerprint density at radius 1 is 1.23 bits per heavy atom. The van der Waals surface area contributed by atoms with Gasteiger partial charge in [0.1, 0.15) is 6.04 Å². The number of methoxy groups -OCH3 is 1. The van der Waals surface area contributed by atoms with E-state index in [1.165, 1.54) is 4.90 Å². The number of carbonyl (C=O) groups is 2. The third kappa shape index (κ3) is 2.56. The van der Waals surface area contributed by atoms with E-state index in [1.807, 2.05) is 35.6 Å². The third-order valence-corrected chi connectivity index (χ3v) is 5.12. The minimum Gasteiger partial charge on any atom is -0.468 e. The molecule has 3 heterocycles. The number of ether oxygens (including phenoxy) is 1. The molecule has 1 aromatic rings. The molecule has 1 radical (unpaired) electrons. The van der Waals surface area contributed by atoms with E-state index in [2.05, 4.69) is 4.99 Å². The number of hydrogen-bond donors (Lipinski definition) is 1. The fraction of sp³-hybridized carbons (Fsp3) is 0.444. The lowest BCUT2D eigenvalue weighted by atomic mass is 10.1. The number of carbonyl (C=O) groups excluding carboxylic acids is 2. The monoisotopic (exact) mass is 356 g/mol. The van der Waals surface area contributed by atoms with E-state index in [-0.39, 0.29) is 12.1 Å². The Hall–Kier alpha value is -2.77. The number of urea groups is 1. The van der Waals surface area contributed by atoms with E-state index >= 15 is 0 Å². The highest BCUT2D eigenvalue weighted by Gasteiger charge is 2.51. The van der Waals surface area contributed by atoms with Crippen LogP contribution in [-0.2, 0) is 9.53 Å². The Morgan fingerprint density at radius 2 is 1.96 bits per heavy atom. The van der Waals surface area contributed by atoms with Gasteiger partial charge in [0.15, 0.2) is 0 Å². The molecule has 0 saturated carbocycles. The summed E-state index contributed by atoms with van der Waals surface area (Å²) in [6.45, 7) is 2.21. The van der Waals surface area contributed by atoms with Crippen molar-refractivity contribution in [2.75, 3.05) is 36.5 Å². The van der Waals surface area contributed by atoms with Crippen molar-refractivity contribution in [3.63, 3.8) is 0 Å². The summed E-state index contributed by atoms with van der Waals surface area (Å²) in [5, 5.41) is 0. The maximum Gasteiger partial charge on any atom is 0.325 e. The fourth-order valence-electron chi connectivity index (χ4n) is 3.95. The summed E-state index contributed by atoms with van der Waals surface area (Å²) in [7, 11) is 1.61. The molecule has 2 atom stereocenters. The molecule has 137 valence electrons. The van der Waals surface area contributed by atoms with Gasteiger partial charge in [-0.25, -0.2) is 9.79 Å². The van der Waals surface area contributed by atoms with Crippen molar-refractivity contribution in [3.05, 3.63) is 30.7 Å². The first-order valence-electron chi connectivity index (χ1n) is 8.80. The molecule has 8 nitrogen and oxygen atoms in total. The SMILES string of the molecule is COC1=NCCCN1c1ccc(N2C(=O)N3CC[CH][C@@H]3C2C(N)=O)cc1. The van der Waals surface area contributed by atoms with Gasteiger partial charge in [0.05, 0.1) is 13.2 Å². The number of benzene rings is 1. The number of primary amides is 1. The quantitative estimate of drug-likeness (QED) is 0.874. The zero-order valence-electron chi connectivity index (χ0n) is 14.7. The molecule has 3 aliphatic rings. The number of anilines is 2. The molecule has 26 heavy (non-hydrogen) atoms. The highest BCUT2D eigenvalue weighted by Crippen LogP contribution is 2.35. The highest BCUT2D eigenvalue weighted by atomic mass is 16.5. The normalized spacial score (nSPS) is 25.3.